The molecule has 0 aliphatic rings. The zero-order chi connectivity index (χ0) is 12.1. The average Bonchev–Trinajstić information content (AvgIpc) is 2.35. The molecule has 0 bridgehead atoms. The molecule has 6 heteroatoms. The van der Waals surface area contributed by atoms with Crippen LogP contribution in [0.15, 0.2) is 18.5 Å². The highest BCUT2D eigenvalue weighted by molar-refractivity contribution is 7.80. The molecule has 0 radical (unpaired) electrons. The molecular formula is C10H13NO4S. The molecule has 2 unspecified atom stereocenters. The molecule has 5 nitrogen and oxygen atoms in total. The smallest absolute Gasteiger partial charge is 0.338 e. The van der Waals surface area contributed by atoms with Gasteiger partial charge in [0.15, 0.2) is 0 Å². The van der Waals surface area contributed by atoms with Crippen molar-refractivity contribution < 1.29 is 19.7 Å². The second-order valence-electron chi connectivity index (χ2n) is 3.15. The summed E-state index contributed by atoms with van der Waals surface area (Å²) >= 11 is 3.87. The van der Waals surface area contributed by atoms with Crippen molar-refractivity contribution in [3.8, 4) is 0 Å². The maximum Gasteiger partial charge on any atom is 0.338 e. The molecule has 0 aliphatic heterocycles. The van der Waals surface area contributed by atoms with Crippen LogP contribution in [0.1, 0.15) is 22.0 Å². The Kier molecular flexibility index (Phi) is 4.72. The van der Waals surface area contributed by atoms with Gasteiger partial charge < -0.3 is 14.9 Å². The first-order valence-corrected chi connectivity index (χ1v) is 5.24. The number of aromatic nitrogens is 1. The summed E-state index contributed by atoms with van der Waals surface area (Å²) in [5.74, 6) is -0.501. The highest BCUT2D eigenvalue weighted by Crippen LogP contribution is 2.21. The first-order chi connectivity index (χ1) is 7.61. The SMILES string of the molecule is COC(=O)c1ccncc1C(O)C(O)CS. The van der Waals surface area contributed by atoms with E-state index in [0.717, 1.165) is 0 Å². The summed E-state index contributed by atoms with van der Waals surface area (Å²) in [5.41, 5.74) is 0.418. The van der Waals surface area contributed by atoms with Crippen LogP contribution in [0.2, 0.25) is 0 Å². The second kappa shape index (κ2) is 5.83. The lowest BCUT2D eigenvalue weighted by molar-refractivity contribution is 0.0315. The van der Waals surface area contributed by atoms with Crippen molar-refractivity contribution in [3.63, 3.8) is 0 Å². The Morgan fingerprint density at radius 2 is 2.31 bits per heavy atom. The third-order valence-electron chi connectivity index (χ3n) is 2.13. The molecular weight excluding hydrogens is 230 g/mol. The average molecular weight is 243 g/mol. The van der Waals surface area contributed by atoms with Gasteiger partial charge in [0.2, 0.25) is 0 Å². The van der Waals surface area contributed by atoms with Crippen LogP contribution < -0.4 is 0 Å². The molecule has 0 amide bonds. The molecule has 1 aromatic heterocycles. The number of ether oxygens (including phenoxy) is 1. The van der Waals surface area contributed by atoms with Gasteiger partial charge in [0.05, 0.1) is 18.8 Å². The van der Waals surface area contributed by atoms with Gasteiger partial charge in [0, 0.05) is 23.7 Å². The first kappa shape index (κ1) is 13.0. The number of pyridine rings is 1. The molecule has 2 atom stereocenters. The maximum absolute atomic E-state index is 11.4. The van der Waals surface area contributed by atoms with Crippen LogP contribution >= 0.6 is 12.6 Å². The van der Waals surface area contributed by atoms with Gasteiger partial charge >= 0.3 is 5.97 Å². The number of aliphatic hydroxyl groups excluding tert-OH is 2. The molecule has 0 aromatic carbocycles. The van der Waals surface area contributed by atoms with Crippen LogP contribution in [0.4, 0.5) is 0 Å². The van der Waals surface area contributed by atoms with Crippen molar-refractivity contribution in [2.24, 2.45) is 0 Å². The number of nitrogens with zero attached hydrogens (tertiary/aromatic N) is 1. The van der Waals surface area contributed by atoms with Gasteiger partial charge in [-0.1, -0.05) is 0 Å². The zero-order valence-corrected chi connectivity index (χ0v) is 9.59. The minimum absolute atomic E-state index is 0.0800. The number of thiol groups is 1. The highest BCUT2D eigenvalue weighted by atomic mass is 32.1. The van der Waals surface area contributed by atoms with E-state index in [2.05, 4.69) is 22.3 Å². The third kappa shape index (κ3) is 2.72. The van der Waals surface area contributed by atoms with E-state index < -0.39 is 18.2 Å². The molecule has 88 valence electrons. The Balaban J connectivity index is 3.08. The fourth-order valence-corrected chi connectivity index (χ4v) is 1.45. The summed E-state index contributed by atoms with van der Waals surface area (Å²) in [5, 5.41) is 19.2. The number of hydrogen-bond acceptors (Lipinski definition) is 6. The topological polar surface area (TPSA) is 79.7 Å². The molecule has 0 spiro atoms. The quantitative estimate of drug-likeness (QED) is 0.520. The highest BCUT2D eigenvalue weighted by Gasteiger charge is 2.23. The van der Waals surface area contributed by atoms with Crippen LogP contribution in [0.3, 0.4) is 0 Å². The Morgan fingerprint density at radius 3 is 2.88 bits per heavy atom. The Bertz CT molecular complexity index is 372. The summed E-state index contributed by atoms with van der Waals surface area (Å²) in [7, 11) is 1.24. The van der Waals surface area contributed by atoms with Crippen LogP contribution in [-0.4, -0.2) is 40.1 Å². The van der Waals surface area contributed by atoms with E-state index >= 15 is 0 Å². The number of rotatable bonds is 4. The molecule has 0 saturated carbocycles. The van der Waals surface area contributed by atoms with Crippen molar-refractivity contribution in [1.82, 2.24) is 4.98 Å². The van der Waals surface area contributed by atoms with E-state index in [9.17, 15) is 15.0 Å². The predicted octanol–water partition coefficient (Wildman–Crippen LogP) is 0.192. The number of carbonyl (C=O) groups excluding carboxylic acids is 1. The zero-order valence-electron chi connectivity index (χ0n) is 8.70. The van der Waals surface area contributed by atoms with Crippen LogP contribution in [0.25, 0.3) is 0 Å². The molecule has 0 aliphatic carbocycles. The molecule has 1 aromatic rings. The number of methoxy groups -OCH3 is 1. The van der Waals surface area contributed by atoms with Gasteiger partial charge in [-0.3, -0.25) is 4.98 Å². The van der Waals surface area contributed by atoms with Gasteiger partial charge in [0.1, 0.15) is 6.10 Å². The number of esters is 1. The second-order valence-corrected chi connectivity index (χ2v) is 3.51. The van der Waals surface area contributed by atoms with E-state index in [1.807, 2.05) is 0 Å². The molecule has 1 rings (SSSR count). The van der Waals surface area contributed by atoms with Crippen molar-refractivity contribution in [3.05, 3.63) is 29.6 Å². The normalized spacial score (nSPS) is 14.2. The fourth-order valence-electron chi connectivity index (χ4n) is 1.25. The standard InChI is InChI=1S/C10H13NO4S/c1-15-10(14)6-2-3-11-4-7(6)9(13)8(12)5-16/h2-4,8-9,12-13,16H,5H2,1H3. The minimum Gasteiger partial charge on any atom is -0.465 e. The first-order valence-electron chi connectivity index (χ1n) is 4.61. The van der Waals surface area contributed by atoms with Crippen LogP contribution in [-0.2, 0) is 4.74 Å². The lowest BCUT2D eigenvalue weighted by atomic mass is 10.0. The summed E-state index contributed by atoms with van der Waals surface area (Å²) in [4.78, 5) is 15.2. The summed E-state index contributed by atoms with van der Waals surface area (Å²) in [6.45, 7) is 0. The van der Waals surface area contributed by atoms with Crippen molar-refractivity contribution in [2.75, 3.05) is 12.9 Å². The van der Waals surface area contributed by atoms with Crippen LogP contribution in [0.5, 0.6) is 0 Å². The Hall–Kier alpha value is -1.11. The van der Waals surface area contributed by atoms with Gasteiger partial charge in [-0.15, -0.1) is 0 Å². The molecule has 1 heterocycles. The van der Waals surface area contributed by atoms with E-state index in [4.69, 9.17) is 0 Å². The molecule has 2 N–H and O–H groups in total. The summed E-state index contributed by atoms with van der Waals surface area (Å²) < 4.78 is 4.56. The van der Waals surface area contributed by atoms with E-state index in [1.165, 1.54) is 25.6 Å². The van der Waals surface area contributed by atoms with Gasteiger partial charge in [-0.2, -0.15) is 12.6 Å². The predicted molar refractivity (Wildman–Crippen MR) is 60.4 cm³/mol. The van der Waals surface area contributed by atoms with Crippen LogP contribution in [0, 0.1) is 0 Å². The Labute approximate surface area is 98.5 Å². The number of carbonyl (C=O) groups is 1. The largest absolute Gasteiger partial charge is 0.465 e. The van der Waals surface area contributed by atoms with Gasteiger partial charge in [-0.05, 0) is 6.07 Å². The van der Waals surface area contributed by atoms with E-state index in [-0.39, 0.29) is 16.9 Å². The number of hydrogen-bond donors (Lipinski definition) is 3. The minimum atomic E-state index is -1.21. The lowest BCUT2D eigenvalue weighted by Gasteiger charge is -2.17. The van der Waals surface area contributed by atoms with E-state index in [0.29, 0.717) is 0 Å². The van der Waals surface area contributed by atoms with Crippen molar-refractivity contribution in [1.29, 1.82) is 0 Å². The van der Waals surface area contributed by atoms with Crippen molar-refractivity contribution in [2.45, 2.75) is 12.2 Å². The summed E-state index contributed by atoms with van der Waals surface area (Å²) in [6.07, 6.45) is 0.468. The third-order valence-corrected chi connectivity index (χ3v) is 2.50. The summed E-state index contributed by atoms with van der Waals surface area (Å²) in [6, 6.07) is 1.43. The maximum atomic E-state index is 11.4. The van der Waals surface area contributed by atoms with E-state index in [1.54, 1.807) is 0 Å². The lowest BCUT2D eigenvalue weighted by Crippen LogP contribution is -2.22. The molecule has 0 fully saturated rings. The Morgan fingerprint density at radius 1 is 1.62 bits per heavy atom. The monoisotopic (exact) mass is 243 g/mol. The molecule has 16 heavy (non-hydrogen) atoms. The number of aliphatic hydroxyl groups is 2. The van der Waals surface area contributed by atoms with Gasteiger partial charge in [0.25, 0.3) is 0 Å². The fraction of sp³-hybridized carbons (Fsp3) is 0.400. The van der Waals surface area contributed by atoms with Crippen molar-refractivity contribution >= 4 is 18.6 Å². The molecule has 0 saturated heterocycles. The van der Waals surface area contributed by atoms with Gasteiger partial charge in [-0.25, -0.2) is 4.79 Å².